The third-order valence-corrected chi connectivity index (χ3v) is 4.50. The molecule has 0 aromatic heterocycles. The van der Waals surface area contributed by atoms with Crippen LogP contribution >= 0.6 is 12.4 Å². The van der Waals surface area contributed by atoms with Crippen molar-refractivity contribution in [2.75, 3.05) is 13.7 Å². The fraction of sp³-hybridized carbons (Fsp3) is 0.368. The minimum Gasteiger partial charge on any atom is -0.496 e. The van der Waals surface area contributed by atoms with Crippen molar-refractivity contribution in [2.45, 2.75) is 31.9 Å². The van der Waals surface area contributed by atoms with Crippen LogP contribution in [0.25, 0.3) is 0 Å². The number of non-ortho nitro benzene ring substituents is 1. The molecule has 1 fully saturated rings. The third-order valence-electron chi connectivity index (χ3n) is 4.50. The Kier molecular flexibility index (Phi) is 7.38. The van der Waals surface area contributed by atoms with Crippen LogP contribution in [0.3, 0.4) is 0 Å². The zero-order valence-corrected chi connectivity index (χ0v) is 15.5. The second-order valence-corrected chi connectivity index (χ2v) is 6.09. The highest BCUT2D eigenvalue weighted by atomic mass is 35.5. The smallest absolute Gasteiger partial charge is 0.270 e. The van der Waals surface area contributed by atoms with Crippen LogP contribution in [0.4, 0.5) is 5.69 Å². The Morgan fingerprint density at radius 1 is 1.19 bits per heavy atom. The van der Waals surface area contributed by atoms with Crippen molar-refractivity contribution in [3.63, 3.8) is 0 Å². The fourth-order valence-electron chi connectivity index (χ4n) is 3.21. The number of nitro benzene ring substituents is 1. The zero-order valence-electron chi connectivity index (χ0n) is 14.7. The highest BCUT2D eigenvalue weighted by Gasteiger charge is 2.25. The van der Waals surface area contributed by atoms with Crippen molar-refractivity contribution in [1.29, 1.82) is 0 Å². The molecule has 1 saturated heterocycles. The van der Waals surface area contributed by atoms with Crippen LogP contribution in [0.2, 0.25) is 0 Å². The zero-order chi connectivity index (χ0) is 17.6. The second-order valence-electron chi connectivity index (χ2n) is 6.09. The van der Waals surface area contributed by atoms with Gasteiger partial charge in [-0.2, -0.15) is 5.06 Å². The molecule has 1 aliphatic rings. The predicted molar refractivity (Wildman–Crippen MR) is 101 cm³/mol. The average Bonchev–Trinajstić information content (AvgIpc) is 2.67. The van der Waals surface area contributed by atoms with Gasteiger partial charge in [-0.25, -0.2) is 0 Å². The summed E-state index contributed by atoms with van der Waals surface area (Å²) in [5.74, 6) is 0.596. The monoisotopic (exact) mass is 378 g/mol. The van der Waals surface area contributed by atoms with E-state index in [2.05, 4.69) is 12.1 Å². The number of nitrogens with zero attached hydrogens (tertiary/aromatic N) is 2. The molecule has 0 aliphatic carbocycles. The normalized spacial score (nSPS) is 17.3. The molecule has 7 heteroatoms. The quantitative estimate of drug-likeness (QED) is 0.539. The number of ether oxygens (including phenoxy) is 1. The van der Waals surface area contributed by atoms with Crippen molar-refractivity contribution in [2.24, 2.45) is 0 Å². The summed E-state index contributed by atoms with van der Waals surface area (Å²) in [5, 5.41) is 13.0. The van der Waals surface area contributed by atoms with Crippen molar-refractivity contribution in [1.82, 2.24) is 5.06 Å². The summed E-state index contributed by atoms with van der Waals surface area (Å²) >= 11 is 0. The van der Waals surface area contributed by atoms with Crippen LogP contribution in [0.1, 0.15) is 36.4 Å². The largest absolute Gasteiger partial charge is 0.496 e. The van der Waals surface area contributed by atoms with Crippen LogP contribution < -0.4 is 4.74 Å². The lowest BCUT2D eigenvalue weighted by atomic mass is 9.97. The first-order chi connectivity index (χ1) is 12.2. The molecule has 6 nitrogen and oxygen atoms in total. The number of halogens is 1. The van der Waals surface area contributed by atoms with Crippen molar-refractivity contribution in [3.05, 3.63) is 69.8 Å². The minimum absolute atomic E-state index is 0. The van der Waals surface area contributed by atoms with Crippen molar-refractivity contribution >= 4 is 18.1 Å². The van der Waals surface area contributed by atoms with E-state index in [9.17, 15) is 10.1 Å². The average molecular weight is 379 g/mol. The lowest BCUT2D eigenvalue weighted by molar-refractivity contribution is -0.385. The van der Waals surface area contributed by atoms with E-state index >= 15 is 0 Å². The predicted octanol–water partition coefficient (Wildman–Crippen LogP) is 4.68. The van der Waals surface area contributed by atoms with Crippen LogP contribution in [-0.2, 0) is 11.4 Å². The van der Waals surface area contributed by atoms with Crippen LogP contribution in [0.15, 0.2) is 48.5 Å². The molecule has 3 rings (SSSR count). The van der Waals surface area contributed by atoms with Gasteiger partial charge in [0.15, 0.2) is 0 Å². The Labute approximate surface area is 159 Å². The fourth-order valence-corrected chi connectivity index (χ4v) is 3.21. The number of methoxy groups -OCH3 is 1. The molecular weight excluding hydrogens is 356 g/mol. The van der Waals surface area contributed by atoms with Gasteiger partial charge in [-0.1, -0.05) is 36.8 Å². The van der Waals surface area contributed by atoms with E-state index in [0.717, 1.165) is 19.4 Å². The van der Waals surface area contributed by atoms with Crippen molar-refractivity contribution < 1.29 is 14.5 Å². The lowest BCUT2D eigenvalue weighted by Gasteiger charge is -2.35. The summed E-state index contributed by atoms with van der Waals surface area (Å²) in [6.07, 6.45) is 3.28. The highest BCUT2D eigenvalue weighted by molar-refractivity contribution is 5.85. The molecule has 26 heavy (non-hydrogen) atoms. The maximum Gasteiger partial charge on any atom is 0.270 e. The molecule has 1 unspecified atom stereocenters. The molecule has 1 aliphatic heterocycles. The number of rotatable bonds is 6. The molecule has 1 atom stereocenters. The molecule has 0 radical (unpaired) electrons. The molecule has 0 saturated carbocycles. The molecule has 0 amide bonds. The van der Waals surface area contributed by atoms with Gasteiger partial charge >= 0.3 is 0 Å². The van der Waals surface area contributed by atoms with E-state index < -0.39 is 4.92 Å². The molecule has 1 heterocycles. The first kappa shape index (κ1) is 20.2. The van der Waals surface area contributed by atoms with Gasteiger partial charge in [0.25, 0.3) is 5.69 Å². The van der Waals surface area contributed by atoms with E-state index in [1.807, 2.05) is 23.3 Å². The minimum atomic E-state index is -0.406. The highest BCUT2D eigenvalue weighted by Crippen LogP contribution is 2.32. The Hall–Kier alpha value is -2.15. The van der Waals surface area contributed by atoms with Gasteiger partial charge in [-0.3, -0.25) is 15.0 Å². The molecular formula is C19H23ClN2O4. The molecule has 0 bridgehead atoms. The number of hydroxylamine groups is 2. The molecule has 2 aromatic carbocycles. The van der Waals surface area contributed by atoms with Gasteiger partial charge in [-0.15, -0.1) is 12.4 Å². The summed E-state index contributed by atoms with van der Waals surface area (Å²) < 4.78 is 5.31. The van der Waals surface area contributed by atoms with Gasteiger partial charge < -0.3 is 4.74 Å². The van der Waals surface area contributed by atoms with E-state index in [1.54, 1.807) is 13.2 Å². The molecule has 2 aromatic rings. The number of nitro groups is 1. The van der Waals surface area contributed by atoms with E-state index in [-0.39, 0.29) is 30.7 Å². The summed E-state index contributed by atoms with van der Waals surface area (Å²) in [6.45, 7) is 1.09. The Morgan fingerprint density at radius 2 is 1.96 bits per heavy atom. The van der Waals surface area contributed by atoms with Crippen LogP contribution in [0, 0.1) is 10.1 Å². The summed E-state index contributed by atoms with van der Waals surface area (Å²) in [4.78, 5) is 16.6. The first-order valence-electron chi connectivity index (χ1n) is 8.45. The Bertz CT molecular complexity index is 727. The maximum atomic E-state index is 11.0. The standard InChI is InChI=1S/C19H22N2O4.ClH/c1-24-19-11-10-17(21(22)23)13-16(19)14-25-20-12-6-5-9-18(20)15-7-3-2-4-8-15;/h2-4,7-8,10-11,13,18H,5-6,9,12,14H2,1H3;1H. The van der Waals surface area contributed by atoms with Crippen LogP contribution in [0.5, 0.6) is 5.75 Å². The number of piperidine rings is 1. The van der Waals surface area contributed by atoms with E-state index in [4.69, 9.17) is 9.57 Å². The van der Waals surface area contributed by atoms with Gasteiger partial charge in [-0.05, 0) is 24.5 Å². The van der Waals surface area contributed by atoms with Crippen molar-refractivity contribution in [3.8, 4) is 5.75 Å². The third kappa shape index (κ3) is 4.72. The maximum absolute atomic E-state index is 11.0. The van der Waals surface area contributed by atoms with E-state index in [1.165, 1.54) is 24.1 Å². The Balaban J connectivity index is 0.00000243. The summed E-state index contributed by atoms with van der Waals surface area (Å²) in [5.41, 5.74) is 1.94. The lowest BCUT2D eigenvalue weighted by Crippen LogP contribution is -2.33. The second kappa shape index (κ2) is 9.52. The van der Waals surface area contributed by atoms with Gasteiger partial charge in [0.1, 0.15) is 5.75 Å². The Morgan fingerprint density at radius 3 is 2.65 bits per heavy atom. The van der Waals surface area contributed by atoms with E-state index in [0.29, 0.717) is 11.3 Å². The topological polar surface area (TPSA) is 64.8 Å². The SMILES string of the molecule is COc1ccc([N+](=O)[O-])cc1CON1CCCCC1c1ccccc1.Cl. The summed E-state index contributed by atoms with van der Waals surface area (Å²) in [7, 11) is 1.55. The number of hydrogen-bond acceptors (Lipinski definition) is 5. The number of benzene rings is 2. The number of hydrogen-bond donors (Lipinski definition) is 0. The molecule has 140 valence electrons. The molecule has 0 spiro atoms. The van der Waals surface area contributed by atoms with Gasteiger partial charge in [0.05, 0.1) is 24.7 Å². The summed E-state index contributed by atoms with van der Waals surface area (Å²) in [6, 6.07) is 15.1. The van der Waals surface area contributed by atoms with Gasteiger partial charge in [0.2, 0.25) is 0 Å². The molecule has 0 N–H and O–H groups in total. The first-order valence-corrected chi connectivity index (χ1v) is 8.45. The van der Waals surface area contributed by atoms with Gasteiger partial charge in [0, 0.05) is 24.2 Å². The van der Waals surface area contributed by atoms with Crippen LogP contribution in [-0.4, -0.2) is 23.6 Å².